The first-order valence-corrected chi connectivity index (χ1v) is 12.6. The standard InChI is InChI=1S/C30H33N5O/c1-21-18-24(6-7-25(21)19-31)26-10-13-28-32-29(23-8-11-27(36-4)12-9-23)30(35(28)20-26)22(2)34-15-5-14-33(3)16-17-34/h6-13,18,20,22H,5,14-17H2,1-4H3. The number of hydrogen-bond donors (Lipinski definition) is 0. The Bertz CT molecular complexity index is 1420. The van der Waals surface area contributed by atoms with Crippen molar-refractivity contribution < 1.29 is 4.74 Å². The van der Waals surface area contributed by atoms with E-state index in [9.17, 15) is 5.26 Å². The smallest absolute Gasteiger partial charge is 0.137 e. The Kier molecular flexibility index (Phi) is 6.77. The van der Waals surface area contributed by atoms with Crippen molar-refractivity contribution in [1.82, 2.24) is 19.2 Å². The zero-order chi connectivity index (χ0) is 25.2. The summed E-state index contributed by atoms with van der Waals surface area (Å²) in [6.45, 7) is 8.58. The third kappa shape index (κ3) is 4.60. The highest BCUT2D eigenvalue weighted by Crippen LogP contribution is 2.34. The number of imidazole rings is 1. The predicted octanol–water partition coefficient (Wildman–Crippen LogP) is 5.56. The van der Waals surface area contributed by atoms with Crippen LogP contribution in [0.25, 0.3) is 28.0 Å². The molecule has 1 atom stereocenters. The average Bonchev–Trinajstić information content (AvgIpc) is 3.14. The van der Waals surface area contributed by atoms with Crippen molar-refractivity contribution in [3.63, 3.8) is 0 Å². The SMILES string of the molecule is COc1ccc(-c2nc3ccc(-c4ccc(C#N)c(C)c4)cn3c2C(C)N2CCCN(C)CC2)cc1. The second kappa shape index (κ2) is 10.1. The molecule has 0 saturated carbocycles. The molecule has 0 amide bonds. The lowest BCUT2D eigenvalue weighted by Crippen LogP contribution is -2.32. The first-order valence-electron chi connectivity index (χ1n) is 12.6. The van der Waals surface area contributed by atoms with Gasteiger partial charge in [-0.2, -0.15) is 5.26 Å². The number of aryl methyl sites for hydroxylation is 1. The summed E-state index contributed by atoms with van der Waals surface area (Å²) in [7, 11) is 3.90. The van der Waals surface area contributed by atoms with Gasteiger partial charge in [0, 0.05) is 37.4 Å². The summed E-state index contributed by atoms with van der Waals surface area (Å²) in [4.78, 5) is 10.1. The molecule has 5 rings (SSSR count). The van der Waals surface area contributed by atoms with Crippen LogP contribution in [0.4, 0.5) is 0 Å². The number of aromatic nitrogens is 2. The van der Waals surface area contributed by atoms with Crippen LogP contribution in [0.15, 0.2) is 60.8 Å². The van der Waals surface area contributed by atoms with E-state index in [0.29, 0.717) is 5.56 Å². The van der Waals surface area contributed by atoms with Crippen molar-refractivity contribution in [3.05, 3.63) is 77.6 Å². The summed E-state index contributed by atoms with van der Waals surface area (Å²) in [6, 6.07) is 20.9. The minimum Gasteiger partial charge on any atom is -0.497 e. The van der Waals surface area contributed by atoms with Gasteiger partial charge in [-0.1, -0.05) is 12.1 Å². The molecule has 3 heterocycles. The van der Waals surface area contributed by atoms with Crippen LogP contribution in [-0.2, 0) is 0 Å². The molecule has 1 unspecified atom stereocenters. The third-order valence-electron chi connectivity index (χ3n) is 7.40. The van der Waals surface area contributed by atoms with Gasteiger partial charge in [0.1, 0.15) is 11.4 Å². The van der Waals surface area contributed by atoms with Crippen LogP contribution in [0.3, 0.4) is 0 Å². The van der Waals surface area contributed by atoms with Crippen molar-refractivity contribution in [2.24, 2.45) is 0 Å². The molecular formula is C30H33N5O. The summed E-state index contributed by atoms with van der Waals surface area (Å²) >= 11 is 0. The number of fused-ring (bicyclic) bond motifs is 1. The summed E-state index contributed by atoms with van der Waals surface area (Å²) in [5.41, 5.74) is 8.14. The molecule has 0 bridgehead atoms. The second-order valence-corrected chi connectivity index (χ2v) is 9.73. The predicted molar refractivity (Wildman–Crippen MR) is 144 cm³/mol. The zero-order valence-electron chi connectivity index (χ0n) is 21.5. The summed E-state index contributed by atoms with van der Waals surface area (Å²) < 4.78 is 7.66. The second-order valence-electron chi connectivity index (χ2n) is 9.73. The number of nitrogens with zero attached hydrogens (tertiary/aromatic N) is 5. The van der Waals surface area contributed by atoms with Gasteiger partial charge in [-0.3, -0.25) is 4.90 Å². The van der Waals surface area contributed by atoms with E-state index in [1.165, 1.54) is 5.69 Å². The van der Waals surface area contributed by atoms with E-state index in [4.69, 9.17) is 9.72 Å². The van der Waals surface area contributed by atoms with Gasteiger partial charge in [0.15, 0.2) is 0 Å². The molecule has 2 aromatic carbocycles. The quantitative estimate of drug-likeness (QED) is 0.375. The molecule has 184 valence electrons. The largest absolute Gasteiger partial charge is 0.497 e. The topological polar surface area (TPSA) is 56.8 Å². The van der Waals surface area contributed by atoms with Crippen LogP contribution in [-0.4, -0.2) is 59.5 Å². The zero-order valence-corrected chi connectivity index (χ0v) is 21.5. The third-order valence-corrected chi connectivity index (χ3v) is 7.40. The lowest BCUT2D eigenvalue weighted by Gasteiger charge is -2.28. The molecule has 6 nitrogen and oxygen atoms in total. The fraction of sp³-hybridized carbons (Fsp3) is 0.333. The molecule has 1 saturated heterocycles. The molecule has 1 aliphatic heterocycles. The van der Waals surface area contributed by atoms with Crippen molar-refractivity contribution in [2.45, 2.75) is 26.3 Å². The maximum atomic E-state index is 9.34. The normalized spacial score (nSPS) is 16.0. The van der Waals surface area contributed by atoms with Crippen molar-refractivity contribution in [1.29, 1.82) is 5.26 Å². The van der Waals surface area contributed by atoms with Crippen molar-refractivity contribution in [2.75, 3.05) is 40.3 Å². The van der Waals surface area contributed by atoms with Gasteiger partial charge in [-0.15, -0.1) is 0 Å². The number of pyridine rings is 1. The molecule has 4 aromatic rings. The number of rotatable bonds is 5. The highest BCUT2D eigenvalue weighted by atomic mass is 16.5. The average molecular weight is 480 g/mol. The molecule has 0 N–H and O–H groups in total. The molecule has 6 heteroatoms. The first-order chi connectivity index (χ1) is 17.5. The maximum Gasteiger partial charge on any atom is 0.137 e. The van der Waals surface area contributed by atoms with E-state index in [1.54, 1.807) is 7.11 Å². The minimum absolute atomic E-state index is 0.196. The number of likely N-dealkylation sites (N-methyl/N-ethyl adjacent to an activating group) is 1. The lowest BCUT2D eigenvalue weighted by molar-refractivity contribution is 0.213. The van der Waals surface area contributed by atoms with Gasteiger partial charge < -0.3 is 14.0 Å². The van der Waals surface area contributed by atoms with Gasteiger partial charge >= 0.3 is 0 Å². The van der Waals surface area contributed by atoms with Crippen LogP contribution in [0.5, 0.6) is 5.75 Å². The van der Waals surface area contributed by atoms with Crippen LogP contribution < -0.4 is 4.74 Å². The van der Waals surface area contributed by atoms with Gasteiger partial charge in [0.25, 0.3) is 0 Å². The fourth-order valence-corrected chi connectivity index (χ4v) is 5.19. The van der Waals surface area contributed by atoms with E-state index >= 15 is 0 Å². The minimum atomic E-state index is 0.196. The molecular weight excluding hydrogens is 446 g/mol. The Hall–Kier alpha value is -3.66. The molecule has 36 heavy (non-hydrogen) atoms. The number of hydrogen-bond acceptors (Lipinski definition) is 5. The number of methoxy groups -OCH3 is 1. The number of ether oxygens (including phenoxy) is 1. The number of nitriles is 1. The van der Waals surface area contributed by atoms with E-state index in [-0.39, 0.29) is 6.04 Å². The summed E-state index contributed by atoms with van der Waals surface area (Å²) in [5, 5.41) is 9.34. The summed E-state index contributed by atoms with van der Waals surface area (Å²) in [6.07, 6.45) is 3.36. The van der Waals surface area contributed by atoms with Gasteiger partial charge in [-0.05, 0) is 93.0 Å². The molecule has 0 spiro atoms. The van der Waals surface area contributed by atoms with Gasteiger partial charge in [0.05, 0.1) is 30.1 Å². The number of benzene rings is 2. The Balaban J connectivity index is 1.64. The monoisotopic (exact) mass is 479 g/mol. The lowest BCUT2D eigenvalue weighted by atomic mass is 10.0. The van der Waals surface area contributed by atoms with Crippen molar-refractivity contribution in [3.8, 4) is 34.2 Å². The molecule has 0 aliphatic carbocycles. The first kappa shape index (κ1) is 24.1. The van der Waals surface area contributed by atoms with Gasteiger partial charge in [0.2, 0.25) is 0 Å². The highest BCUT2D eigenvalue weighted by Gasteiger charge is 2.26. The van der Waals surface area contributed by atoms with Crippen LogP contribution in [0, 0.1) is 18.3 Å². The molecule has 1 aliphatic rings. The van der Waals surface area contributed by atoms with Crippen LogP contribution in [0.2, 0.25) is 0 Å². The Morgan fingerprint density at radius 2 is 1.69 bits per heavy atom. The van der Waals surface area contributed by atoms with E-state index in [1.807, 2.05) is 31.2 Å². The highest BCUT2D eigenvalue weighted by molar-refractivity contribution is 5.71. The molecule has 1 fully saturated rings. The van der Waals surface area contributed by atoms with Crippen molar-refractivity contribution >= 4 is 5.65 Å². The fourth-order valence-electron chi connectivity index (χ4n) is 5.19. The summed E-state index contributed by atoms with van der Waals surface area (Å²) in [5.74, 6) is 0.839. The van der Waals surface area contributed by atoms with Crippen LogP contribution >= 0.6 is 0 Å². The van der Waals surface area contributed by atoms with Gasteiger partial charge in [-0.25, -0.2) is 4.98 Å². The molecule has 2 aromatic heterocycles. The Morgan fingerprint density at radius 1 is 0.944 bits per heavy atom. The Labute approximate surface area is 213 Å². The maximum absolute atomic E-state index is 9.34. The molecule has 0 radical (unpaired) electrons. The van der Waals surface area contributed by atoms with E-state index in [2.05, 4.69) is 70.8 Å². The Morgan fingerprint density at radius 3 is 2.42 bits per heavy atom. The van der Waals surface area contributed by atoms with E-state index in [0.717, 1.165) is 71.9 Å². The van der Waals surface area contributed by atoms with E-state index < -0.39 is 0 Å². The van der Waals surface area contributed by atoms with Crippen LogP contribution in [0.1, 0.15) is 36.2 Å².